The maximum Gasteiger partial charge on any atom is 0.0897 e. The highest BCUT2D eigenvalue weighted by molar-refractivity contribution is 4.73. The molecule has 0 spiro atoms. The molecule has 0 bridgehead atoms. The van der Waals surface area contributed by atoms with E-state index < -0.39 is 0 Å². The SMILES string of the molecule is CCN(CC)CCCNCC(O)COC1CCCCC1C. The summed E-state index contributed by atoms with van der Waals surface area (Å²) >= 11 is 0. The van der Waals surface area contributed by atoms with Crippen LogP contribution in [0.4, 0.5) is 0 Å². The van der Waals surface area contributed by atoms with E-state index in [9.17, 15) is 5.11 Å². The first-order valence-electron chi connectivity index (χ1n) is 8.90. The Kier molecular flexibility index (Phi) is 10.3. The van der Waals surface area contributed by atoms with Crippen molar-refractivity contribution in [2.75, 3.05) is 39.3 Å². The lowest BCUT2D eigenvalue weighted by Crippen LogP contribution is -2.35. The van der Waals surface area contributed by atoms with Gasteiger partial charge in [0.05, 0.1) is 18.8 Å². The molecular weight excluding hydrogens is 264 g/mol. The lowest BCUT2D eigenvalue weighted by Gasteiger charge is -2.29. The summed E-state index contributed by atoms with van der Waals surface area (Å²) in [6.45, 7) is 12.1. The van der Waals surface area contributed by atoms with Crippen LogP contribution in [0.1, 0.15) is 52.9 Å². The van der Waals surface area contributed by atoms with Crippen LogP contribution in [0.3, 0.4) is 0 Å². The van der Waals surface area contributed by atoms with Crippen LogP contribution in [0.2, 0.25) is 0 Å². The van der Waals surface area contributed by atoms with Crippen molar-refractivity contribution in [2.45, 2.75) is 65.1 Å². The van der Waals surface area contributed by atoms with Crippen LogP contribution in [-0.2, 0) is 4.74 Å². The number of rotatable bonds is 11. The van der Waals surface area contributed by atoms with Crippen LogP contribution < -0.4 is 5.32 Å². The first-order chi connectivity index (χ1) is 10.2. The van der Waals surface area contributed by atoms with E-state index in [1.165, 1.54) is 19.3 Å². The molecule has 0 radical (unpaired) electrons. The van der Waals surface area contributed by atoms with Crippen molar-refractivity contribution in [1.82, 2.24) is 10.2 Å². The van der Waals surface area contributed by atoms with Crippen LogP contribution in [0.5, 0.6) is 0 Å². The Balaban J connectivity index is 1.99. The maximum absolute atomic E-state index is 9.97. The van der Waals surface area contributed by atoms with Gasteiger partial charge in [-0.15, -0.1) is 0 Å². The highest BCUT2D eigenvalue weighted by Crippen LogP contribution is 2.26. The normalized spacial score (nSPS) is 24.4. The lowest BCUT2D eigenvalue weighted by atomic mass is 9.88. The molecule has 0 aromatic heterocycles. The molecule has 1 aliphatic carbocycles. The number of hydrogen-bond donors (Lipinski definition) is 2. The minimum Gasteiger partial charge on any atom is -0.389 e. The Morgan fingerprint density at radius 3 is 2.62 bits per heavy atom. The van der Waals surface area contributed by atoms with Crippen molar-refractivity contribution in [1.29, 1.82) is 0 Å². The van der Waals surface area contributed by atoms with Crippen molar-refractivity contribution in [3.8, 4) is 0 Å². The minimum absolute atomic E-state index is 0.357. The van der Waals surface area contributed by atoms with Gasteiger partial charge in [0.2, 0.25) is 0 Å². The molecule has 0 amide bonds. The molecule has 0 aromatic rings. The van der Waals surface area contributed by atoms with E-state index in [1.54, 1.807) is 0 Å². The average molecular weight is 300 g/mol. The van der Waals surface area contributed by atoms with E-state index in [-0.39, 0.29) is 6.10 Å². The molecule has 126 valence electrons. The number of nitrogens with zero attached hydrogens (tertiary/aromatic N) is 1. The average Bonchev–Trinajstić information content (AvgIpc) is 2.50. The molecule has 1 fully saturated rings. The standard InChI is InChI=1S/C17H36N2O2/c1-4-19(5-2)12-8-11-18-13-16(20)14-21-17-10-7-6-9-15(17)3/h15-18,20H,4-14H2,1-3H3. The zero-order valence-electron chi connectivity index (χ0n) is 14.3. The quantitative estimate of drug-likeness (QED) is 0.575. The topological polar surface area (TPSA) is 44.7 Å². The lowest BCUT2D eigenvalue weighted by molar-refractivity contribution is -0.0451. The second-order valence-corrected chi connectivity index (χ2v) is 6.37. The molecule has 2 N–H and O–H groups in total. The Morgan fingerprint density at radius 2 is 1.95 bits per heavy atom. The van der Waals surface area contributed by atoms with Crippen molar-refractivity contribution in [3.63, 3.8) is 0 Å². The molecule has 1 rings (SSSR count). The van der Waals surface area contributed by atoms with E-state index in [1.807, 2.05) is 0 Å². The third kappa shape index (κ3) is 8.15. The van der Waals surface area contributed by atoms with Gasteiger partial charge in [0.1, 0.15) is 0 Å². The summed E-state index contributed by atoms with van der Waals surface area (Å²) in [6.07, 6.45) is 6.14. The number of aliphatic hydroxyl groups is 1. The van der Waals surface area contributed by atoms with Gasteiger partial charge in [-0.25, -0.2) is 0 Å². The monoisotopic (exact) mass is 300 g/mol. The molecule has 3 atom stereocenters. The van der Waals surface area contributed by atoms with Crippen LogP contribution in [0.25, 0.3) is 0 Å². The first kappa shape index (κ1) is 18.9. The summed E-state index contributed by atoms with van der Waals surface area (Å²) in [5.41, 5.74) is 0. The van der Waals surface area contributed by atoms with Gasteiger partial charge >= 0.3 is 0 Å². The molecular formula is C17H36N2O2. The molecule has 0 heterocycles. The number of hydrogen-bond acceptors (Lipinski definition) is 4. The Bertz CT molecular complexity index is 247. The molecule has 4 nitrogen and oxygen atoms in total. The molecule has 21 heavy (non-hydrogen) atoms. The summed E-state index contributed by atoms with van der Waals surface area (Å²) in [7, 11) is 0. The van der Waals surface area contributed by atoms with Crippen molar-refractivity contribution >= 4 is 0 Å². The summed E-state index contributed by atoms with van der Waals surface area (Å²) in [5.74, 6) is 0.646. The van der Waals surface area contributed by atoms with Crippen LogP contribution >= 0.6 is 0 Å². The van der Waals surface area contributed by atoms with E-state index in [0.29, 0.717) is 25.2 Å². The summed E-state index contributed by atoms with van der Waals surface area (Å²) in [5, 5.41) is 13.3. The van der Waals surface area contributed by atoms with Gasteiger partial charge in [-0.05, 0) is 51.4 Å². The Hall–Kier alpha value is -0.160. The van der Waals surface area contributed by atoms with E-state index in [0.717, 1.165) is 39.0 Å². The van der Waals surface area contributed by atoms with Crippen LogP contribution in [0.15, 0.2) is 0 Å². The molecule has 1 saturated carbocycles. The highest BCUT2D eigenvalue weighted by Gasteiger charge is 2.22. The van der Waals surface area contributed by atoms with Gasteiger partial charge in [-0.1, -0.05) is 33.6 Å². The smallest absolute Gasteiger partial charge is 0.0897 e. The summed E-state index contributed by atoms with van der Waals surface area (Å²) in [4.78, 5) is 2.42. The van der Waals surface area contributed by atoms with Gasteiger partial charge in [0, 0.05) is 6.54 Å². The molecule has 3 unspecified atom stereocenters. The van der Waals surface area contributed by atoms with Crippen LogP contribution in [-0.4, -0.2) is 61.5 Å². The van der Waals surface area contributed by atoms with E-state index >= 15 is 0 Å². The first-order valence-corrected chi connectivity index (χ1v) is 8.90. The van der Waals surface area contributed by atoms with Crippen molar-refractivity contribution < 1.29 is 9.84 Å². The van der Waals surface area contributed by atoms with Crippen molar-refractivity contribution in [3.05, 3.63) is 0 Å². The zero-order chi connectivity index (χ0) is 15.5. The van der Waals surface area contributed by atoms with Gasteiger partial charge in [0.15, 0.2) is 0 Å². The minimum atomic E-state index is -0.382. The van der Waals surface area contributed by atoms with Gasteiger partial charge in [0.25, 0.3) is 0 Å². The zero-order valence-corrected chi connectivity index (χ0v) is 14.3. The molecule has 4 heteroatoms. The Labute approximate surface area is 131 Å². The fraction of sp³-hybridized carbons (Fsp3) is 1.00. The molecule has 1 aliphatic rings. The van der Waals surface area contributed by atoms with Crippen LogP contribution in [0, 0.1) is 5.92 Å². The highest BCUT2D eigenvalue weighted by atomic mass is 16.5. The third-order valence-electron chi connectivity index (χ3n) is 4.64. The van der Waals surface area contributed by atoms with Gasteiger partial charge in [-0.3, -0.25) is 0 Å². The number of aliphatic hydroxyl groups excluding tert-OH is 1. The number of nitrogens with one attached hydrogen (secondary N) is 1. The third-order valence-corrected chi connectivity index (χ3v) is 4.64. The molecule has 0 aliphatic heterocycles. The Morgan fingerprint density at radius 1 is 1.24 bits per heavy atom. The molecule has 0 saturated heterocycles. The second kappa shape index (κ2) is 11.4. The summed E-state index contributed by atoms with van der Waals surface area (Å²) < 4.78 is 5.89. The fourth-order valence-electron chi connectivity index (χ4n) is 3.06. The predicted molar refractivity (Wildman–Crippen MR) is 88.7 cm³/mol. The second-order valence-electron chi connectivity index (χ2n) is 6.37. The molecule has 0 aromatic carbocycles. The van der Waals surface area contributed by atoms with Crippen molar-refractivity contribution in [2.24, 2.45) is 5.92 Å². The van der Waals surface area contributed by atoms with Gasteiger partial charge < -0.3 is 20.1 Å². The summed E-state index contributed by atoms with van der Waals surface area (Å²) in [6, 6.07) is 0. The largest absolute Gasteiger partial charge is 0.389 e. The van der Waals surface area contributed by atoms with E-state index in [4.69, 9.17) is 4.74 Å². The maximum atomic E-state index is 9.97. The fourth-order valence-corrected chi connectivity index (χ4v) is 3.06. The van der Waals surface area contributed by atoms with Gasteiger partial charge in [-0.2, -0.15) is 0 Å². The predicted octanol–water partition coefficient (Wildman–Crippen LogP) is 2.26. The van der Waals surface area contributed by atoms with E-state index in [2.05, 4.69) is 31.0 Å². The number of ether oxygens (including phenoxy) is 1.